The number of aliphatic hydroxyl groups excluding tert-OH is 1. The van der Waals surface area contributed by atoms with Crippen LogP contribution in [-0.4, -0.2) is 29.1 Å². The highest BCUT2D eigenvalue weighted by atomic mass is 16.3. The molecule has 4 nitrogen and oxygen atoms in total. The van der Waals surface area contributed by atoms with Crippen molar-refractivity contribution in [3.05, 3.63) is 65.5 Å². The molecule has 2 N–H and O–H groups in total. The predicted molar refractivity (Wildman–Crippen MR) is 77.5 cm³/mol. The van der Waals surface area contributed by atoms with Crippen molar-refractivity contribution in [2.75, 3.05) is 7.05 Å². The third kappa shape index (κ3) is 3.65. The zero-order valence-electron chi connectivity index (χ0n) is 11.4. The van der Waals surface area contributed by atoms with E-state index in [2.05, 4.69) is 10.3 Å². The van der Waals surface area contributed by atoms with Gasteiger partial charge < -0.3 is 10.4 Å². The molecule has 0 aliphatic rings. The van der Waals surface area contributed by atoms with Crippen molar-refractivity contribution in [2.45, 2.75) is 18.9 Å². The summed E-state index contributed by atoms with van der Waals surface area (Å²) in [6.07, 6.45) is 1.98. The van der Waals surface area contributed by atoms with E-state index < -0.39 is 6.10 Å². The smallest absolute Gasteiger partial charge is 0.252 e. The van der Waals surface area contributed by atoms with Crippen LogP contribution in [-0.2, 0) is 12.8 Å². The van der Waals surface area contributed by atoms with E-state index in [-0.39, 0.29) is 5.91 Å². The van der Waals surface area contributed by atoms with Crippen molar-refractivity contribution < 1.29 is 9.90 Å². The number of carbonyl (C=O) groups excluding carboxylic acids is 1. The Morgan fingerprint density at radius 1 is 1.20 bits per heavy atom. The average molecular weight is 270 g/mol. The number of aliphatic hydroxyl groups is 1. The Bertz CT molecular complexity index is 570. The Morgan fingerprint density at radius 2 is 1.95 bits per heavy atom. The minimum absolute atomic E-state index is 0.181. The van der Waals surface area contributed by atoms with Gasteiger partial charge in [0.2, 0.25) is 0 Å². The van der Waals surface area contributed by atoms with Gasteiger partial charge in [0.15, 0.2) is 0 Å². The first kappa shape index (κ1) is 14.2. The summed E-state index contributed by atoms with van der Waals surface area (Å²) in [6.45, 7) is 0. The van der Waals surface area contributed by atoms with Gasteiger partial charge in [-0.3, -0.25) is 9.78 Å². The predicted octanol–water partition coefficient (Wildman–Crippen LogP) is 1.59. The maximum absolute atomic E-state index is 11.7. The van der Waals surface area contributed by atoms with E-state index in [1.807, 2.05) is 30.3 Å². The van der Waals surface area contributed by atoms with Gasteiger partial charge in [-0.05, 0) is 24.1 Å². The second kappa shape index (κ2) is 6.82. The fourth-order valence-electron chi connectivity index (χ4n) is 2.12. The molecule has 0 bridgehead atoms. The van der Waals surface area contributed by atoms with Crippen LogP contribution in [0.1, 0.15) is 21.6 Å². The summed E-state index contributed by atoms with van der Waals surface area (Å²) in [4.78, 5) is 15.9. The molecule has 0 fully saturated rings. The second-order valence-electron chi connectivity index (χ2n) is 4.62. The molecule has 4 heteroatoms. The Labute approximate surface area is 118 Å². The largest absolute Gasteiger partial charge is 0.392 e. The molecular weight excluding hydrogens is 252 g/mol. The summed E-state index contributed by atoms with van der Waals surface area (Å²) in [5, 5.41) is 12.7. The molecule has 1 amide bonds. The van der Waals surface area contributed by atoms with Crippen LogP contribution in [0.5, 0.6) is 0 Å². The zero-order chi connectivity index (χ0) is 14.4. The van der Waals surface area contributed by atoms with Crippen molar-refractivity contribution in [3.8, 4) is 0 Å². The fraction of sp³-hybridized carbons (Fsp3) is 0.250. The monoisotopic (exact) mass is 270 g/mol. The SMILES string of the molecule is CNC(=O)c1cccnc1CC(O)Cc1ccccc1. The number of amides is 1. The van der Waals surface area contributed by atoms with Crippen LogP contribution in [0.25, 0.3) is 0 Å². The van der Waals surface area contributed by atoms with Gasteiger partial charge in [0, 0.05) is 19.7 Å². The molecule has 0 aliphatic carbocycles. The molecule has 0 aliphatic heterocycles. The Balaban J connectivity index is 2.08. The van der Waals surface area contributed by atoms with Gasteiger partial charge in [0.1, 0.15) is 0 Å². The normalized spacial score (nSPS) is 11.9. The number of hydrogen-bond acceptors (Lipinski definition) is 3. The highest BCUT2D eigenvalue weighted by molar-refractivity contribution is 5.95. The van der Waals surface area contributed by atoms with Crippen molar-refractivity contribution in [1.29, 1.82) is 0 Å². The molecule has 1 aromatic heterocycles. The second-order valence-corrected chi connectivity index (χ2v) is 4.62. The summed E-state index contributed by atoms with van der Waals surface area (Å²) in [6, 6.07) is 13.2. The molecule has 1 unspecified atom stereocenters. The highest BCUT2D eigenvalue weighted by Gasteiger charge is 2.14. The molecule has 1 heterocycles. The van der Waals surface area contributed by atoms with Crippen molar-refractivity contribution in [1.82, 2.24) is 10.3 Å². The Kier molecular flexibility index (Phi) is 4.85. The lowest BCUT2D eigenvalue weighted by atomic mass is 10.0. The van der Waals surface area contributed by atoms with E-state index in [1.165, 1.54) is 0 Å². The number of aromatic nitrogens is 1. The first-order valence-corrected chi connectivity index (χ1v) is 6.58. The number of nitrogens with zero attached hydrogens (tertiary/aromatic N) is 1. The summed E-state index contributed by atoms with van der Waals surface area (Å²) in [5.74, 6) is -0.181. The zero-order valence-corrected chi connectivity index (χ0v) is 11.4. The standard InChI is InChI=1S/C16H18N2O2/c1-17-16(20)14-8-5-9-18-15(14)11-13(19)10-12-6-3-2-4-7-12/h2-9,13,19H,10-11H2,1H3,(H,17,20). The van der Waals surface area contributed by atoms with Crippen LogP contribution in [0, 0.1) is 0 Å². The molecule has 104 valence electrons. The van der Waals surface area contributed by atoms with Gasteiger partial charge >= 0.3 is 0 Å². The van der Waals surface area contributed by atoms with Gasteiger partial charge in [-0.2, -0.15) is 0 Å². The van der Waals surface area contributed by atoms with Crippen LogP contribution >= 0.6 is 0 Å². The van der Waals surface area contributed by atoms with E-state index in [4.69, 9.17) is 0 Å². The molecule has 2 aromatic rings. The highest BCUT2D eigenvalue weighted by Crippen LogP contribution is 2.11. The van der Waals surface area contributed by atoms with Crippen LogP contribution in [0.3, 0.4) is 0 Å². The van der Waals surface area contributed by atoms with E-state index in [9.17, 15) is 9.90 Å². The van der Waals surface area contributed by atoms with E-state index in [1.54, 1.807) is 25.4 Å². The van der Waals surface area contributed by atoms with E-state index >= 15 is 0 Å². The lowest BCUT2D eigenvalue weighted by Crippen LogP contribution is -2.23. The van der Waals surface area contributed by atoms with Gasteiger partial charge in [-0.25, -0.2) is 0 Å². The molecule has 1 aromatic carbocycles. The maximum Gasteiger partial charge on any atom is 0.252 e. The molecule has 1 atom stereocenters. The summed E-state index contributed by atoms with van der Waals surface area (Å²) in [7, 11) is 1.58. The molecule has 0 spiro atoms. The van der Waals surface area contributed by atoms with Crippen molar-refractivity contribution in [3.63, 3.8) is 0 Å². The Hall–Kier alpha value is -2.20. The first-order chi connectivity index (χ1) is 9.70. The quantitative estimate of drug-likeness (QED) is 0.867. The van der Waals surface area contributed by atoms with Crippen molar-refractivity contribution >= 4 is 5.91 Å². The third-order valence-electron chi connectivity index (χ3n) is 3.11. The number of hydrogen-bond donors (Lipinski definition) is 2. The topological polar surface area (TPSA) is 62.2 Å². The van der Waals surface area contributed by atoms with Crippen LogP contribution < -0.4 is 5.32 Å². The minimum atomic E-state index is -0.560. The van der Waals surface area contributed by atoms with Crippen LogP contribution in [0.4, 0.5) is 0 Å². The summed E-state index contributed by atoms with van der Waals surface area (Å²) >= 11 is 0. The number of rotatable bonds is 5. The number of pyridine rings is 1. The molecule has 0 saturated heterocycles. The van der Waals surface area contributed by atoms with E-state index in [0.717, 1.165) is 5.56 Å². The van der Waals surface area contributed by atoms with Crippen LogP contribution in [0.15, 0.2) is 48.7 Å². The average Bonchev–Trinajstić information content (AvgIpc) is 2.48. The molecule has 2 rings (SSSR count). The number of benzene rings is 1. The van der Waals surface area contributed by atoms with E-state index in [0.29, 0.717) is 24.1 Å². The van der Waals surface area contributed by atoms with Gasteiger partial charge in [-0.15, -0.1) is 0 Å². The minimum Gasteiger partial charge on any atom is -0.392 e. The molecular formula is C16H18N2O2. The molecule has 0 radical (unpaired) electrons. The lowest BCUT2D eigenvalue weighted by Gasteiger charge is -2.12. The Morgan fingerprint density at radius 3 is 2.65 bits per heavy atom. The first-order valence-electron chi connectivity index (χ1n) is 6.58. The third-order valence-corrected chi connectivity index (χ3v) is 3.11. The lowest BCUT2D eigenvalue weighted by molar-refractivity contribution is 0.0960. The molecule has 0 saturated carbocycles. The maximum atomic E-state index is 11.7. The number of nitrogens with one attached hydrogen (secondary N) is 1. The fourth-order valence-corrected chi connectivity index (χ4v) is 2.12. The van der Waals surface area contributed by atoms with Gasteiger partial charge in [-0.1, -0.05) is 30.3 Å². The molecule has 20 heavy (non-hydrogen) atoms. The van der Waals surface area contributed by atoms with Gasteiger partial charge in [0.25, 0.3) is 5.91 Å². The van der Waals surface area contributed by atoms with Crippen LogP contribution in [0.2, 0.25) is 0 Å². The summed E-state index contributed by atoms with van der Waals surface area (Å²) in [5.41, 5.74) is 2.20. The number of carbonyl (C=O) groups is 1. The van der Waals surface area contributed by atoms with Gasteiger partial charge in [0.05, 0.1) is 17.4 Å². The summed E-state index contributed by atoms with van der Waals surface area (Å²) < 4.78 is 0. The van der Waals surface area contributed by atoms with Crippen molar-refractivity contribution in [2.24, 2.45) is 0 Å².